The Bertz CT molecular complexity index is 493. The molecule has 2 rings (SSSR count). The fourth-order valence-electron chi connectivity index (χ4n) is 3.10. The van der Waals surface area contributed by atoms with Gasteiger partial charge in [-0.15, -0.1) is 0 Å². The third kappa shape index (κ3) is 5.63. The van der Waals surface area contributed by atoms with Crippen LogP contribution in [0.15, 0.2) is 24.3 Å². The molecular weight excluding hydrogens is 290 g/mol. The van der Waals surface area contributed by atoms with Gasteiger partial charge in [0.1, 0.15) is 5.75 Å². The summed E-state index contributed by atoms with van der Waals surface area (Å²) in [7, 11) is 0. The Morgan fingerprint density at radius 2 is 1.91 bits per heavy atom. The minimum absolute atomic E-state index is 0.136. The molecule has 0 amide bonds. The first kappa shape index (κ1) is 18.0. The Labute approximate surface area is 139 Å². The summed E-state index contributed by atoms with van der Waals surface area (Å²) in [5.74, 6) is 0.852. The van der Waals surface area contributed by atoms with E-state index in [0.717, 1.165) is 32.5 Å². The van der Waals surface area contributed by atoms with E-state index in [1.165, 1.54) is 0 Å². The third-order valence-electron chi connectivity index (χ3n) is 4.13. The molecule has 0 aromatic heterocycles. The number of carbonyl (C=O) groups is 1. The van der Waals surface area contributed by atoms with Gasteiger partial charge in [-0.2, -0.15) is 0 Å². The molecule has 1 fully saturated rings. The summed E-state index contributed by atoms with van der Waals surface area (Å²) >= 11 is 0. The Balaban J connectivity index is 1.71. The molecule has 128 valence electrons. The molecule has 0 spiro atoms. The van der Waals surface area contributed by atoms with Crippen molar-refractivity contribution >= 4 is 5.78 Å². The summed E-state index contributed by atoms with van der Waals surface area (Å²) < 4.78 is 11.6. The van der Waals surface area contributed by atoms with Crippen molar-refractivity contribution in [3.63, 3.8) is 0 Å². The van der Waals surface area contributed by atoms with Crippen LogP contribution in [0.3, 0.4) is 0 Å². The average molecular weight is 319 g/mol. The second kappa shape index (κ2) is 9.04. The standard InChI is InChI=1S/C19H29NO3/c1-4-18(21)17-9-5-6-10-19(17)22-12-8-7-11-20-13-15(2)23-16(3)14-20/h5-6,9-10,15-16H,4,7-8,11-14H2,1-3H3/t15-,16-/m0/s1. The largest absolute Gasteiger partial charge is 0.493 e. The van der Waals surface area contributed by atoms with Gasteiger partial charge < -0.3 is 9.47 Å². The average Bonchev–Trinajstić information content (AvgIpc) is 2.53. The molecule has 1 aliphatic rings. The van der Waals surface area contributed by atoms with Gasteiger partial charge in [-0.25, -0.2) is 0 Å². The van der Waals surface area contributed by atoms with E-state index in [4.69, 9.17) is 9.47 Å². The molecule has 4 nitrogen and oxygen atoms in total. The fourth-order valence-corrected chi connectivity index (χ4v) is 3.10. The van der Waals surface area contributed by atoms with Gasteiger partial charge in [0.2, 0.25) is 0 Å². The van der Waals surface area contributed by atoms with Crippen LogP contribution in [0.4, 0.5) is 0 Å². The van der Waals surface area contributed by atoms with Crippen molar-refractivity contribution in [2.24, 2.45) is 0 Å². The maximum atomic E-state index is 11.9. The molecule has 0 aliphatic carbocycles. The summed E-state index contributed by atoms with van der Waals surface area (Å²) in [6, 6.07) is 7.53. The first-order valence-corrected chi connectivity index (χ1v) is 8.73. The number of hydrogen-bond acceptors (Lipinski definition) is 4. The van der Waals surface area contributed by atoms with Gasteiger partial charge in [-0.05, 0) is 45.4 Å². The van der Waals surface area contributed by atoms with Crippen LogP contribution < -0.4 is 4.74 Å². The van der Waals surface area contributed by atoms with Gasteiger partial charge in [0, 0.05) is 19.5 Å². The molecule has 23 heavy (non-hydrogen) atoms. The van der Waals surface area contributed by atoms with Crippen molar-refractivity contribution in [1.82, 2.24) is 4.90 Å². The maximum absolute atomic E-state index is 11.9. The van der Waals surface area contributed by atoms with E-state index in [-0.39, 0.29) is 5.78 Å². The molecular formula is C19H29NO3. The second-order valence-electron chi connectivity index (χ2n) is 6.35. The number of rotatable bonds is 8. The van der Waals surface area contributed by atoms with E-state index in [1.807, 2.05) is 31.2 Å². The summed E-state index contributed by atoms with van der Waals surface area (Å²) in [5, 5.41) is 0. The summed E-state index contributed by atoms with van der Waals surface area (Å²) in [5.41, 5.74) is 0.700. The van der Waals surface area contributed by atoms with Crippen LogP contribution in [-0.2, 0) is 4.74 Å². The van der Waals surface area contributed by atoms with Crippen molar-refractivity contribution in [3.05, 3.63) is 29.8 Å². The summed E-state index contributed by atoms with van der Waals surface area (Å²) in [6.07, 6.45) is 3.25. The number of morpholine rings is 1. The number of ether oxygens (including phenoxy) is 2. The first-order valence-electron chi connectivity index (χ1n) is 8.73. The number of ketones is 1. The zero-order valence-electron chi connectivity index (χ0n) is 14.6. The predicted molar refractivity (Wildman–Crippen MR) is 92.2 cm³/mol. The van der Waals surface area contributed by atoms with Crippen molar-refractivity contribution < 1.29 is 14.3 Å². The molecule has 4 heteroatoms. The predicted octanol–water partition coefficient (Wildman–Crippen LogP) is 3.55. The minimum Gasteiger partial charge on any atom is -0.493 e. The van der Waals surface area contributed by atoms with Crippen LogP contribution >= 0.6 is 0 Å². The summed E-state index contributed by atoms with van der Waals surface area (Å²) in [6.45, 7) is 9.91. The van der Waals surface area contributed by atoms with Crippen LogP contribution in [0.25, 0.3) is 0 Å². The number of carbonyl (C=O) groups excluding carboxylic acids is 1. The lowest BCUT2D eigenvalue weighted by Gasteiger charge is -2.35. The molecule has 2 atom stereocenters. The minimum atomic E-state index is 0.136. The topological polar surface area (TPSA) is 38.8 Å². The molecule has 1 aliphatic heterocycles. The van der Waals surface area contributed by atoms with E-state index in [0.29, 0.717) is 36.5 Å². The number of para-hydroxylation sites is 1. The number of Topliss-reactive ketones (excluding diaryl/α,β-unsaturated/α-hetero) is 1. The second-order valence-corrected chi connectivity index (χ2v) is 6.35. The smallest absolute Gasteiger partial charge is 0.166 e. The van der Waals surface area contributed by atoms with Crippen LogP contribution in [0.5, 0.6) is 5.75 Å². The molecule has 1 saturated heterocycles. The van der Waals surface area contributed by atoms with Crippen LogP contribution in [0, 0.1) is 0 Å². The van der Waals surface area contributed by atoms with E-state index < -0.39 is 0 Å². The molecule has 1 aromatic carbocycles. The van der Waals surface area contributed by atoms with Crippen molar-refractivity contribution in [2.75, 3.05) is 26.2 Å². The van der Waals surface area contributed by atoms with E-state index in [2.05, 4.69) is 18.7 Å². The molecule has 1 heterocycles. The Morgan fingerprint density at radius 3 is 2.61 bits per heavy atom. The Hall–Kier alpha value is -1.39. The number of nitrogens with zero attached hydrogens (tertiary/aromatic N) is 1. The van der Waals surface area contributed by atoms with Crippen molar-refractivity contribution in [2.45, 2.75) is 52.2 Å². The monoisotopic (exact) mass is 319 g/mol. The highest BCUT2D eigenvalue weighted by Gasteiger charge is 2.21. The number of benzene rings is 1. The quantitative estimate of drug-likeness (QED) is 0.542. The maximum Gasteiger partial charge on any atom is 0.166 e. The van der Waals surface area contributed by atoms with E-state index >= 15 is 0 Å². The lowest BCUT2D eigenvalue weighted by atomic mass is 10.1. The highest BCUT2D eigenvalue weighted by molar-refractivity contribution is 5.98. The van der Waals surface area contributed by atoms with Crippen LogP contribution in [0.1, 0.15) is 50.4 Å². The summed E-state index contributed by atoms with van der Waals surface area (Å²) in [4.78, 5) is 14.4. The van der Waals surface area contributed by atoms with Gasteiger partial charge in [-0.3, -0.25) is 9.69 Å². The molecule has 0 unspecified atom stereocenters. The Morgan fingerprint density at radius 1 is 1.22 bits per heavy atom. The zero-order valence-corrected chi connectivity index (χ0v) is 14.6. The highest BCUT2D eigenvalue weighted by atomic mass is 16.5. The zero-order chi connectivity index (χ0) is 16.7. The highest BCUT2D eigenvalue weighted by Crippen LogP contribution is 2.20. The van der Waals surface area contributed by atoms with E-state index in [9.17, 15) is 4.79 Å². The number of hydrogen-bond donors (Lipinski definition) is 0. The number of unbranched alkanes of at least 4 members (excludes halogenated alkanes) is 1. The molecule has 0 N–H and O–H groups in total. The van der Waals surface area contributed by atoms with Gasteiger partial charge in [0.15, 0.2) is 5.78 Å². The fraction of sp³-hybridized carbons (Fsp3) is 0.632. The lowest BCUT2D eigenvalue weighted by Crippen LogP contribution is -2.45. The third-order valence-corrected chi connectivity index (χ3v) is 4.13. The van der Waals surface area contributed by atoms with Gasteiger partial charge >= 0.3 is 0 Å². The molecule has 0 bridgehead atoms. The molecule has 0 saturated carbocycles. The van der Waals surface area contributed by atoms with Crippen LogP contribution in [-0.4, -0.2) is 49.1 Å². The van der Waals surface area contributed by atoms with Crippen LogP contribution in [0.2, 0.25) is 0 Å². The SMILES string of the molecule is CCC(=O)c1ccccc1OCCCCN1C[C@H](C)O[C@@H](C)C1. The van der Waals surface area contributed by atoms with E-state index in [1.54, 1.807) is 0 Å². The molecule has 1 aromatic rings. The van der Waals surface area contributed by atoms with Gasteiger partial charge in [-0.1, -0.05) is 19.1 Å². The van der Waals surface area contributed by atoms with Gasteiger partial charge in [0.05, 0.1) is 24.4 Å². The molecule has 0 radical (unpaired) electrons. The first-order chi connectivity index (χ1) is 11.1. The Kier molecular flexibility index (Phi) is 7.06. The van der Waals surface area contributed by atoms with Crippen molar-refractivity contribution in [3.8, 4) is 5.75 Å². The lowest BCUT2D eigenvalue weighted by molar-refractivity contribution is -0.0682. The van der Waals surface area contributed by atoms with Crippen molar-refractivity contribution in [1.29, 1.82) is 0 Å². The van der Waals surface area contributed by atoms with Gasteiger partial charge in [0.25, 0.3) is 0 Å². The normalized spacial score (nSPS) is 22.0.